The van der Waals surface area contributed by atoms with Crippen molar-refractivity contribution in [3.8, 4) is 0 Å². The van der Waals surface area contributed by atoms with E-state index in [-0.39, 0.29) is 6.10 Å². The fourth-order valence-corrected chi connectivity index (χ4v) is 2.11. The van der Waals surface area contributed by atoms with Gasteiger partial charge in [0.1, 0.15) is 6.10 Å². The molecular weight excluding hydrogens is 210 g/mol. The monoisotopic (exact) mass is 227 g/mol. The Bertz CT molecular complexity index is 297. The van der Waals surface area contributed by atoms with Crippen molar-refractivity contribution in [1.29, 1.82) is 0 Å². The Morgan fingerprint density at radius 3 is 3.40 bits per heavy atom. The highest BCUT2D eigenvalue weighted by atomic mass is 32.2. The number of aromatic nitrogens is 2. The summed E-state index contributed by atoms with van der Waals surface area (Å²) >= 11 is 1.85. The van der Waals surface area contributed by atoms with Crippen LogP contribution in [0, 0.1) is 0 Å². The second-order valence-corrected chi connectivity index (χ2v) is 4.55. The molecule has 1 aromatic heterocycles. The Kier molecular flexibility index (Phi) is 4.05. The molecule has 0 amide bonds. The van der Waals surface area contributed by atoms with Gasteiger partial charge in [-0.2, -0.15) is 11.8 Å². The highest BCUT2D eigenvalue weighted by Crippen LogP contribution is 2.18. The molecule has 0 spiro atoms. The van der Waals surface area contributed by atoms with E-state index in [4.69, 9.17) is 4.74 Å². The van der Waals surface area contributed by atoms with E-state index in [0.717, 1.165) is 32.0 Å². The van der Waals surface area contributed by atoms with Gasteiger partial charge in [-0.3, -0.25) is 0 Å². The van der Waals surface area contributed by atoms with E-state index in [1.165, 1.54) is 5.69 Å². The Hall–Kier alpha value is -0.520. The third-order valence-electron chi connectivity index (χ3n) is 2.54. The number of nitrogens with one attached hydrogen (secondary N) is 1. The zero-order chi connectivity index (χ0) is 10.5. The summed E-state index contributed by atoms with van der Waals surface area (Å²) in [5, 5.41) is 3.34. The van der Waals surface area contributed by atoms with Gasteiger partial charge in [0.25, 0.3) is 0 Å². The summed E-state index contributed by atoms with van der Waals surface area (Å²) in [5.41, 5.74) is 1.19. The number of aryl methyl sites for hydroxylation is 1. The van der Waals surface area contributed by atoms with Crippen molar-refractivity contribution < 1.29 is 4.74 Å². The molecule has 1 saturated heterocycles. The number of imidazole rings is 1. The van der Waals surface area contributed by atoms with E-state index < -0.39 is 0 Å². The summed E-state index contributed by atoms with van der Waals surface area (Å²) in [7, 11) is 0. The molecule has 84 valence electrons. The molecule has 1 unspecified atom stereocenters. The Labute approximate surface area is 94.4 Å². The van der Waals surface area contributed by atoms with Crippen LogP contribution in [0.1, 0.15) is 11.8 Å². The van der Waals surface area contributed by atoms with Crippen LogP contribution in [0.15, 0.2) is 12.5 Å². The topological polar surface area (TPSA) is 39.1 Å². The molecule has 0 bridgehead atoms. The summed E-state index contributed by atoms with van der Waals surface area (Å²) in [6.07, 6.45) is 6.10. The quantitative estimate of drug-likeness (QED) is 0.830. The van der Waals surface area contributed by atoms with Crippen LogP contribution in [0.3, 0.4) is 0 Å². The van der Waals surface area contributed by atoms with E-state index in [1.54, 1.807) is 0 Å². The number of ether oxygens (including phenoxy) is 1. The fourth-order valence-electron chi connectivity index (χ4n) is 1.73. The fraction of sp³-hybridized carbons (Fsp3) is 0.700. The molecule has 0 saturated carbocycles. The summed E-state index contributed by atoms with van der Waals surface area (Å²) < 4.78 is 7.90. The van der Waals surface area contributed by atoms with Crippen LogP contribution in [-0.4, -0.2) is 41.3 Å². The van der Waals surface area contributed by atoms with Crippen LogP contribution in [-0.2, 0) is 11.3 Å². The average Bonchev–Trinajstić information content (AvgIpc) is 2.75. The van der Waals surface area contributed by atoms with Gasteiger partial charge in [-0.1, -0.05) is 0 Å². The number of nitrogens with zero attached hydrogens (tertiary/aromatic N) is 2. The van der Waals surface area contributed by atoms with Crippen molar-refractivity contribution in [2.45, 2.75) is 12.6 Å². The molecule has 1 aromatic rings. The van der Waals surface area contributed by atoms with Crippen LogP contribution < -0.4 is 5.32 Å². The van der Waals surface area contributed by atoms with Gasteiger partial charge in [0.2, 0.25) is 0 Å². The number of thioether (sulfide) groups is 1. The minimum absolute atomic E-state index is 0.170. The molecule has 0 aromatic carbocycles. The first kappa shape index (κ1) is 11.0. The minimum Gasteiger partial charge on any atom is -0.369 e. The van der Waals surface area contributed by atoms with Crippen molar-refractivity contribution in [3.05, 3.63) is 18.2 Å². The van der Waals surface area contributed by atoms with Gasteiger partial charge in [-0.15, -0.1) is 0 Å². The first-order valence-corrected chi connectivity index (χ1v) is 6.62. The van der Waals surface area contributed by atoms with Crippen molar-refractivity contribution in [2.75, 3.05) is 31.7 Å². The van der Waals surface area contributed by atoms with Crippen molar-refractivity contribution in [3.63, 3.8) is 0 Å². The lowest BCUT2D eigenvalue weighted by atomic mass is 10.2. The first-order chi connectivity index (χ1) is 7.42. The van der Waals surface area contributed by atoms with Crippen LogP contribution in [0.4, 0.5) is 0 Å². The highest BCUT2D eigenvalue weighted by Gasteiger charge is 2.18. The zero-order valence-electron chi connectivity index (χ0n) is 8.98. The van der Waals surface area contributed by atoms with Gasteiger partial charge in [-0.25, -0.2) is 4.98 Å². The molecule has 1 aliphatic heterocycles. The molecule has 1 aliphatic rings. The Morgan fingerprint density at radius 2 is 2.67 bits per heavy atom. The maximum absolute atomic E-state index is 5.71. The van der Waals surface area contributed by atoms with E-state index in [9.17, 15) is 0 Å². The summed E-state index contributed by atoms with van der Waals surface area (Å²) in [6, 6.07) is 0. The molecule has 4 nitrogen and oxygen atoms in total. The molecular formula is C10H17N3OS. The minimum atomic E-state index is 0.170. The molecule has 1 atom stereocenters. The lowest BCUT2D eigenvalue weighted by molar-refractivity contribution is 0.0229. The van der Waals surface area contributed by atoms with Crippen molar-refractivity contribution >= 4 is 11.8 Å². The normalized spacial score (nSPS) is 21.8. The first-order valence-electron chi connectivity index (χ1n) is 5.23. The smallest absolute Gasteiger partial charge is 0.111 e. The SMILES string of the molecule is CSCCn1cncc1C1CNCCO1. The molecule has 1 N–H and O–H groups in total. The van der Waals surface area contributed by atoms with Crippen LogP contribution in [0.2, 0.25) is 0 Å². The van der Waals surface area contributed by atoms with Crippen LogP contribution in [0.5, 0.6) is 0 Å². The maximum Gasteiger partial charge on any atom is 0.111 e. The van der Waals surface area contributed by atoms with E-state index >= 15 is 0 Å². The number of hydrogen-bond donors (Lipinski definition) is 1. The highest BCUT2D eigenvalue weighted by molar-refractivity contribution is 7.98. The third kappa shape index (κ3) is 2.74. The third-order valence-corrected chi connectivity index (χ3v) is 3.13. The molecule has 2 heterocycles. The predicted octanol–water partition coefficient (Wildman–Crippen LogP) is 0.907. The van der Waals surface area contributed by atoms with Crippen molar-refractivity contribution in [2.24, 2.45) is 0 Å². The molecule has 5 heteroatoms. The summed E-state index contributed by atoms with van der Waals surface area (Å²) in [6.45, 7) is 3.65. The summed E-state index contributed by atoms with van der Waals surface area (Å²) in [5.74, 6) is 1.11. The van der Waals surface area contributed by atoms with Gasteiger partial charge in [0, 0.05) is 25.4 Å². The lowest BCUT2D eigenvalue weighted by Crippen LogP contribution is -2.34. The molecule has 1 fully saturated rings. The molecule has 0 radical (unpaired) electrons. The van der Waals surface area contributed by atoms with Gasteiger partial charge >= 0.3 is 0 Å². The summed E-state index contributed by atoms with van der Waals surface area (Å²) in [4.78, 5) is 4.20. The average molecular weight is 227 g/mol. The molecule has 2 rings (SSSR count). The Morgan fingerprint density at radius 1 is 1.73 bits per heavy atom. The Balaban J connectivity index is 2.02. The van der Waals surface area contributed by atoms with Gasteiger partial charge in [0.05, 0.1) is 24.8 Å². The molecule has 15 heavy (non-hydrogen) atoms. The largest absolute Gasteiger partial charge is 0.369 e. The number of morpholine rings is 1. The standard InChI is InChI=1S/C10H17N3OS/c1-15-5-3-13-8-12-6-9(13)10-7-11-2-4-14-10/h6,8,10-11H,2-5,7H2,1H3. The second kappa shape index (κ2) is 5.53. The van der Waals surface area contributed by atoms with E-state index in [0.29, 0.717) is 0 Å². The van der Waals surface area contributed by atoms with E-state index in [1.807, 2.05) is 24.3 Å². The van der Waals surface area contributed by atoms with Gasteiger partial charge in [0.15, 0.2) is 0 Å². The number of rotatable bonds is 4. The van der Waals surface area contributed by atoms with Gasteiger partial charge < -0.3 is 14.6 Å². The van der Waals surface area contributed by atoms with Gasteiger partial charge in [-0.05, 0) is 6.26 Å². The zero-order valence-corrected chi connectivity index (χ0v) is 9.80. The van der Waals surface area contributed by atoms with Crippen LogP contribution in [0.25, 0.3) is 0 Å². The number of hydrogen-bond acceptors (Lipinski definition) is 4. The predicted molar refractivity (Wildman–Crippen MR) is 62.2 cm³/mol. The van der Waals surface area contributed by atoms with Crippen molar-refractivity contribution in [1.82, 2.24) is 14.9 Å². The van der Waals surface area contributed by atoms with E-state index in [2.05, 4.69) is 21.1 Å². The van der Waals surface area contributed by atoms with Crippen LogP contribution >= 0.6 is 11.8 Å². The maximum atomic E-state index is 5.71. The lowest BCUT2D eigenvalue weighted by Gasteiger charge is -2.24. The second-order valence-electron chi connectivity index (χ2n) is 3.57. The molecule has 0 aliphatic carbocycles.